The van der Waals surface area contributed by atoms with Crippen LogP contribution in [-0.2, 0) is 0 Å². The van der Waals surface area contributed by atoms with Crippen LogP contribution in [0.15, 0.2) is 35.9 Å². The maximum Gasteiger partial charge on any atom is 0.122 e. The van der Waals surface area contributed by atoms with Crippen LogP contribution in [0.5, 0.6) is 11.5 Å². The van der Waals surface area contributed by atoms with Gasteiger partial charge < -0.3 is 10.2 Å². The van der Waals surface area contributed by atoms with Crippen LogP contribution in [0.4, 0.5) is 0 Å². The molecule has 27 heavy (non-hydrogen) atoms. The van der Waals surface area contributed by atoms with Crippen molar-refractivity contribution in [3.63, 3.8) is 0 Å². The smallest absolute Gasteiger partial charge is 0.122 e. The van der Waals surface area contributed by atoms with E-state index in [2.05, 4.69) is 45.9 Å². The van der Waals surface area contributed by atoms with Gasteiger partial charge >= 0.3 is 0 Å². The number of phenols is 2. The Kier molecular flexibility index (Phi) is 5.37. The monoisotopic (exact) mass is 364 g/mol. The normalized spacial score (nSPS) is 20.0. The minimum absolute atomic E-state index is 0.0201. The molecule has 2 heteroatoms. The fourth-order valence-corrected chi connectivity index (χ4v) is 4.99. The molecule has 0 radical (unpaired) electrons. The van der Waals surface area contributed by atoms with Gasteiger partial charge in [0.1, 0.15) is 11.5 Å². The predicted molar refractivity (Wildman–Crippen MR) is 113 cm³/mol. The number of allylic oxidation sites excluding steroid dienone is 2. The van der Waals surface area contributed by atoms with E-state index in [1.54, 1.807) is 0 Å². The number of aryl methyl sites for hydroxylation is 4. The molecule has 2 aromatic rings. The molecule has 0 saturated heterocycles. The summed E-state index contributed by atoms with van der Waals surface area (Å²) in [4.78, 5) is 0. The molecule has 0 amide bonds. The third kappa shape index (κ3) is 3.90. The summed E-state index contributed by atoms with van der Waals surface area (Å²) >= 11 is 0. The number of aromatic hydroxyl groups is 2. The van der Waals surface area contributed by atoms with Crippen molar-refractivity contribution < 1.29 is 10.2 Å². The summed E-state index contributed by atoms with van der Waals surface area (Å²) in [6.45, 7) is 12.5. The molecular weight excluding hydrogens is 332 g/mol. The van der Waals surface area contributed by atoms with Gasteiger partial charge in [-0.05, 0) is 70.4 Å². The number of benzene rings is 2. The van der Waals surface area contributed by atoms with Gasteiger partial charge in [0.25, 0.3) is 0 Å². The highest BCUT2D eigenvalue weighted by molar-refractivity contribution is 5.54. The second kappa shape index (κ2) is 7.42. The fourth-order valence-electron chi connectivity index (χ4n) is 4.99. The molecular formula is C25H32O2. The summed E-state index contributed by atoms with van der Waals surface area (Å²) in [6, 6.07) is 8.24. The van der Waals surface area contributed by atoms with Gasteiger partial charge in [0.05, 0.1) is 0 Å². The van der Waals surface area contributed by atoms with Crippen LogP contribution in [0.1, 0.15) is 66.0 Å². The molecule has 0 fully saturated rings. The Bertz CT molecular complexity index is 834. The molecule has 3 rings (SSSR count). The lowest BCUT2D eigenvalue weighted by molar-refractivity contribution is 0.349. The lowest BCUT2D eigenvalue weighted by atomic mass is 9.70. The van der Waals surface area contributed by atoms with Crippen molar-refractivity contribution in [2.75, 3.05) is 0 Å². The van der Waals surface area contributed by atoms with Gasteiger partial charge in [0, 0.05) is 17.0 Å². The molecule has 2 nitrogen and oxygen atoms in total. The summed E-state index contributed by atoms with van der Waals surface area (Å²) in [7, 11) is 0. The number of phenolic OH excluding ortho intramolecular Hbond substituents is 2. The highest BCUT2D eigenvalue weighted by Crippen LogP contribution is 2.48. The Morgan fingerprint density at radius 1 is 0.815 bits per heavy atom. The Balaban J connectivity index is 2.24. The van der Waals surface area contributed by atoms with Crippen molar-refractivity contribution in [2.45, 2.75) is 60.3 Å². The molecule has 144 valence electrons. The van der Waals surface area contributed by atoms with Crippen molar-refractivity contribution in [1.82, 2.24) is 0 Å². The molecule has 0 saturated carbocycles. The average molecular weight is 365 g/mol. The van der Waals surface area contributed by atoms with E-state index >= 15 is 0 Å². The summed E-state index contributed by atoms with van der Waals surface area (Å²) in [5.41, 5.74) is 7.37. The van der Waals surface area contributed by atoms with E-state index in [0.29, 0.717) is 23.3 Å². The topological polar surface area (TPSA) is 40.5 Å². The summed E-state index contributed by atoms with van der Waals surface area (Å²) in [6.07, 6.45) is 4.41. The van der Waals surface area contributed by atoms with Gasteiger partial charge in [-0.15, -0.1) is 0 Å². The Morgan fingerprint density at radius 2 is 1.30 bits per heavy atom. The molecule has 0 spiro atoms. The second-order valence-electron chi connectivity index (χ2n) is 8.71. The predicted octanol–water partition coefficient (Wildman–Crippen LogP) is 6.46. The molecule has 2 N–H and O–H groups in total. The van der Waals surface area contributed by atoms with Crippen molar-refractivity contribution in [2.24, 2.45) is 11.8 Å². The Hall–Kier alpha value is -2.22. The molecule has 2 aromatic carbocycles. The summed E-state index contributed by atoms with van der Waals surface area (Å²) < 4.78 is 0. The SMILES string of the molecule is CC1=CC(C)CC(C(c2cc(C)cc(C)c2O)c2cc(C)cc(C)c2O)C1. The van der Waals surface area contributed by atoms with E-state index in [4.69, 9.17) is 0 Å². The molecule has 0 bridgehead atoms. The zero-order valence-electron chi connectivity index (χ0n) is 17.4. The van der Waals surface area contributed by atoms with E-state index in [-0.39, 0.29) is 5.92 Å². The molecule has 1 aliphatic rings. The first-order chi connectivity index (χ1) is 12.7. The molecule has 2 atom stereocenters. The quantitative estimate of drug-likeness (QED) is 0.614. The lowest BCUT2D eigenvalue weighted by Crippen LogP contribution is -2.21. The van der Waals surface area contributed by atoms with E-state index in [0.717, 1.165) is 46.2 Å². The highest BCUT2D eigenvalue weighted by Gasteiger charge is 2.33. The zero-order chi connectivity index (χ0) is 19.9. The molecule has 0 aliphatic heterocycles. The van der Waals surface area contributed by atoms with Gasteiger partial charge in [-0.3, -0.25) is 0 Å². The first-order valence-corrected chi connectivity index (χ1v) is 9.94. The van der Waals surface area contributed by atoms with E-state index < -0.39 is 0 Å². The zero-order valence-corrected chi connectivity index (χ0v) is 17.4. The van der Waals surface area contributed by atoms with E-state index in [1.807, 2.05) is 26.0 Å². The van der Waals surface area contributed by atoms with Gasteiger partial charge in [0.15, 0.2) is 0 Å². The van der Waals surface area contributed by atoms with Gasteiger partial charge in [-0.1, -0.05) is 54.0 Å². The van der Waals surface area contributed by atoms with Crippen molar-refractivity contribution >= 4 is 0 Å². The first kappa shape index (κ1) is 19.5. The van der Waals surface area contributed by atoms with Gasteiger partial charge in [-0.25, -0.2) is 0 Å². The number of rotatable bonds is 3. The molecule has 2 unspecified atom stereocenters. The van der Waals surface area contributed by atoms with Crippen LogP contribution >= 0.6 is 0 Å². The second-order valence-corrected chi connectivity index (χ2v) is 8.71. The van der Waals surface area contributed by atoms with Gasteiger partial charge in [0.2, 0.25) is 0 Å². The van der Waals surface area contributed by atoms with Crippen LogP contribution in [0, 0.1) is 39.5 Å². The van der Waals surface area contributed by atoms with E-state index in [9.17, 15) is 10.2 Å². The maximum atomic E-state index is 10.9. The lowest BCUT2D eigenvalue weighted by Gasteiger charge is -2.34. The first-order valence-electron chi connectivity index (χ1n) is 9.94. The number of hydrogen-bond acceptors (Lipinski definition) is 2. The van der Waals surface area contributed by atoms with Crippen LogP contribution < -0.4 is 0 Å². The van der Waals surface area contributed by atoms with Crippen molar-refractivity contribution in [3.8, 4) is 11.5 Å². The molecule has 0 aromatic heterocycles. The largest absolute Gasteiger partial charge is 0.507 e. The highest BCUT2D eigenvalue weighted by atomic mass is 16.3. The van der Waals surface area contributed by atoms with Crippen LogP contribution in [0.2, 0.25) is 0 Å². The Morgan fingerprint density at radius 3 is 1.74 bits per heavy atom. The summed E-state index contributed by atoms with van der Waals surface area (Å²) in [5.74, 6) is 1.57. The molecule has 0 heterocycles. The fraction of sp³-hybridized carbons (Fsp3) is 0.440. The minimum atomic E-state index is -0.0201. The van der Waals surface area contributed by atoms with Crippen molar-refractivity contribution in [1.29, 1.82) is 0 Å². The van der Waals surface area contributed by atoms with Crippen LogP contribution in [0.25, 0.3) is 0 Å². The average Bonchev–Trinajstić information content (AvgIpc) is 2.55. The maximum absolute atomic E-state index is 10.9. The standard InChI is InChI=1S/C25H32O2/c1-14-7-15(2)11-20(10-14)23(21-12-16(3)8-18(5)24(21)26)22-13-17(4)9-19(6)25(22)27/h7-9,12-14,20,23,26-27H,10-11H2,1-6H3. The van der Waals surface area contributed by atoms with Gasteiger partial charge in [-0.2, -0.15) is 0 Å². The minimum Gasteiger partial charge on any atom is -0.507 e. The Labute approximate surface area is 163 Å². The third-order valence-electron chi connectivity index (χ3n) is 5.92. The van der Waals surface area contributed by atoms with Crippen LogP contribution in [-0.4, -0.2) is 10.2 Å². The summed E-state index contributed by atoms with van der Waals surface area (Å²) in [5, 5.41) is 21.9. The van der Waals surface area contributed by atoms with Crippen LogP contribution in [0.3, 0.4) is 0 Å². The third-order valence-corrected chi connectivity index (χ3v) is 5.92. The van der Waals surface area contributed by atoms with Crippen molar-refractivity contribution in [3.05, 3.63) is 69.3 Å². The van der Waals surface area contributed by atoms with E-state index in [1.165, 1.54) is 5.57 Å². The number of hydrogen-bond donors (Lipinski definition) is 2. The molecule has 1 aliphatic carbocycles.